The highest BCUT2D eigenvalue weighted by Gasteiger charge is 2.20. The molecule has 0 atom stereocenters. The SMILES string of the molecule is c1ccc(-n2c3ccccc3c3cc4c5cc(-c6ccc(-c7ccc8oc9cc%10ccccc%10cc9c8c7)c7ccccc67)ccc5n(-c5ccccc5)c4cc32)cc1. The molecule has 3 heterocycles. The van der Waals surface area contributed by atoms with Gasteiger partial charge in [0.25, 0.3) is 0 Å². The fraction of sp³-hybridized carbons (Fsp3) is 0. The zero-order chi connectivity index (χ0) is 38.6. The highest BCUT2D eigenvalue weighted by molar-refractivity contribution is 6.20. The fourth-order valence-corrected chi connectivity index (χ4v) is 9.79. The normalized spacial score (nSPS) is 12.1. The standard InChI is InChI=1S/C56H34N2O/c1-3-15-39(16-4-1)57-51-22-12-11-21-45(51)47-33-48-46-30-37(23-27-52(46)58(54(48)34-53(47)57)40-17-5-2-6-18-40)41-25-26-42(44-20-10-9-19-43(41)44)38-24-28-55-49(31-38)50-29-35-13-7-8-14-36(35)32-56(50)59-55/h1-34H. The van der Waals surface area contributed by atoms with Crippen LogP contribution in [0.25, 0.3) is 121 Å². The van der Waals surface area contributed by atoms with E-state index in [-0.39, 0.29) is 0 Å². The molecule has 13 aromatic rings. The fourth-order valence-electron chi connectivity index (χ4n) is 9.79. The molecular formula is C56H34N2O. The van der Waals surface area contributed by atoms with E-state index in [0.29, 0.717) is 0 Å². The maximum absolute atomic E-state index is 6.37. The molecule has 0 saturated carbocycles. The Bertz CT molecular complexity index is 3830. The Morgan fingerprint density at radius 3 is 1.44 bits per heavy atom. The van der Waals surface area contributed by atoms with Gasteiger partial charge in [0.05, 0.1) is 22.1 Å². The molecule has 0 amide bonds. The number of para-hydroxylation sites is 3. The minimum Gasteiger partial charge on any atom is -0.456 e. The smallest absolute Gasteiger partial charge is 0.136 e. The Labute approximate surface area is 339 Å². The lowest BCUT2D eigenvalue weighted by atomic mass is 9.91. The predicted octanol–water partition coefficient (Wildman–Crippen LogP) is 15.4. The molecule has 0 saturated heterocycles. The number of hydrogen-bond donors (Lipinski definition) is 0. The van der Waals surface area contributed by atoms with Crippen molar-refractivity contribution in [2.75, 3.05) is 0 Å². The van der Waals surface area contributed by atoms with Crippen LogP contribution in [0.5, 0.6) is 0 Å². The molecule has 0 aliphatic carbocycles. The molecule has 0 unspecified atom stereocenters. The second-order valence-electron chi connectivity index (χ2n) is 15.7. The molecule has 59 heavy (non-hydrogen) atoms. The van der Waals surface area contributed by atoms with E-state index in [9.17, 15) is 0 Å². The van der Waals surface area contributed by atoms with E-state index in [4.69, 9.17) is 4.42 Å². The molecule has 274 valence electrons. The second-order valence-corrected chi connectivity index (χ2v) is 15.7. The number of furan rings is 1. The first kappa shape index (κ1) is 32.2. The average molecular weight is 751 g/mol. The Hall–Kier alpha value is -7.88. The number of nitrogens with zero attached hydrogens (tertiary/aromatic N) is 2. The van der Waals surface area contributed by atoms with Crippen molar-refractivity contribution in [2.45, 2.75) is 0 Å². The van der Waals surface area contributed by atoms with Gasteiger partial charge in [0, 0.05) is 43.7 Å². The van der Waals surface area contributed by atoms with E-state index in [1.54, 1.807) is 0 Å². The van der Waals surface area contributed by atoms with E-state index < -0.39 is 0 Å². The minimum atomic E-state index is 0.907. The monoisotopic (exact) mass is 750 g/mol. The maximum atomic E-state index is 6.37. The number of benzene rings is 10. The van der Waals surface area contributed by atoms with Crippen molar-refractivity contribution < 1.29 is 4.42 Å². The Kier molecular flexibility index (Phi) is 6.72. The van der Waals surface area contributed by atoms with Crippen LogP contribution in [0.4, 0.5) is 0 Å². The van der Waals surface area contributed by atoms with Gasteiger partial charge in [-0.25, -0.2) is 0 Å². The topological polar surface area (TPSA) is 23.0 Å². The van der Waals surface area contributed by atoms with Crippen molar-refractivity contribution in [2.24, 2.45) is 0 Å². The molecule has 0 aliphatic heterocycles. The third-order valence-electron chi connectivity index (χ3n) is 12.5. The van der Waals surface area contributed by atoms with E-state index >= 15 is 0 Å². The van der Waals surface area contributed by atoms with Crippen molar-refractivity contribution >= 4 is 87.1 Å². The Balaban J connectivity index is 1.02. The summed E-state index contributed by atoms with van der Waals surface area (Å²) in [5.41, 5.74) is 13.7. The summed E-state index contributed by atoms with van der Waals surface area (Å²) in [7, 11) is 0. The van der Waals surface area contributed by atoms with Crippen LogP contribution in [0.15, 0.2) is 211 Å². The summed E-state index contributed by atoms with van der Waals surface area (Å²) in [6, 6.07) is 75.1. The summed E-state index contributed by atoms with van der Waals surface area (Å²) in [6.45, 7) is 0. The maximum Gasteiger partial charge on any atom is 0.136 e. The molecule has 0 N–H and O–H groups in total. The van der Waals surface area contributed by atoms with Gasteiger partial charge in [0.2, 0.25) is 0 Å². The van der Waals surface area contributed by atoms with Crippen LogP contribution in [0, 0.1) is 0 Å². The third kappa shape index (κ3) is 4.76. The van der Waals surface area contributed by atoms with Gasteiger partial charge in [-0.15, -0.1) is 0 Å². The zero-order valence-electron chi connectivity index (χ0n) is 31.9. The molecule has 0 spiro atoms. The first-order valence-electron chi connectivity index (χ1n) is 20.2. The molecule has 13 rings (SSSR count). The van der Waals surface area contributed by atoms with Crippen molar-refractivity contribution in [1.29, 1.82) is 0 Å². The van der Waals surface area contributed by atoms with Gasteiger partial charge in [-0.2, -0.15) is 0 Å². The summed E-state index contributed by atoms with van der Waals surface area (Å²) in [5, 5.41) is 12.1. The van der Waals surface area contributed by atoms with Crippen LogP contribution in [0.3, 0.4) is 0 Å². The zero-order valence-corrected chi connectivity index (χ0v) is 31.9. The van der Waals surface area contributed by atoms with Crippen LogP contribution in [-0.2, 0) is 0 Å². The van der Waals surface area contributed by atoms with Gasteiger partial charge < -0.3 is 13.6 Å². The van der Waals surface area contributed by atoms with Crippen molar-refractivity contribution in [3.8, 4) is 33.6 Å². The molecule has 0 radical (unpaired) electrons. The number of rotatable bonds is 4. The molecular weight excluding hydrogens is 717 g/mol. The molecule has 0 bridgehead atoms. The summed E-state index contributed by atoms with van der Waals surface area (Å²) in [4.78, 5) is 0. The summed E-state index contributed by atoms with van der Waals surface area (Å²) < 4.78 is 11.2. The van der Waals surface area contributed by atoms with E-state index in [1.165, 1.54) is 87.4 Å². The van der Waals surface area contributed by atoms with Crippen LogP contribution >= 0.6 is 0 Å². The first-order valence-corrected chi connectivity index (χ1v) is 20.2. The first-order chi connectivity index (χ1) is 29.2. The van der Waals surface area contributed by atoms with E-state index in [2.05, 4.69) is 215 Å². The van der Waals surface area contributed by atoms with Gasteiger partial charge in [0.1, 0.15) is 11.2 Å². The number of fused-ring (bicyclic) bond motifs is 11. The Morgan fingerprint density at radius 2 is 0.763 bits per heavy atom. The van der Waals surface area contributed by atoms with Gasteiger partial charge >= 0.3 is 0 Å². The highest BCUT2D eigenvalue weighted by Crippen LogP contribution is 2.43. The predicted molar refractivity (Wildman–Crippen MR) is 248 cm³/mol. The second kappa shape index (κ2) is 12.3. The Morgan fingerprint density at radius 1 is 0.271 bits per heavy atom. The van der Waals surface area contributed by atoms with Gasteiger partial charge in [-0.05, 0) is 123 Å². The van der Waals surface area contributed by atoms with Gasteiger partial charge in [-0.3, -0.25) is 0 Å². The molecule has 0 fully saturated rings. The third-order valence-corrected chi connectivity index (χ3v) is 12.5. The van der Waals surface area contributed by atoms with Crippen LogP contribution < -0.4 is 0 Å². The lowest BCUT2D eigenvalue weighted by molar-refractivity contribution is 0.669. The number of hydrogen-bond acceptors (Lipinski definition) is 1. The summed E-state index contributed by atoms with van der Waals surface area (Å²) in [5.74, 6) is 0. The summed E-state index contributed by atoms with van der Waals surface area (Å²) >= 11 is 0. The average Bonchev–Trinajstić information content (AvgIpc) is 3.93. The lowest BCUT2D eigenvalue weighted by Crippen LogP contribution is -1.95. The minimum absolute atomic E-state index is 0.907. The van der Waals surface area contributed by atoms with E-state index in [0.717, 1.165) is 33.3 Å². The summed E-state index contributed by atoms with van der Waals surface area (Å²) in [6.07, 6.45) is 0. The number of aromatic nitrogens is 2. The van der Waals surface area contributed by atoms with E-state index in [1.807, 2.05) is 0 Å². The molecule has 0 aliphatic rings. The van der Waals surface area contributed by atoms with Crippen LogP contribution in [0.1, 0.15) is 0 Å². The van der Waals surface area contributed by atoms with Crippen molar-refractivity contribution in [1.82, 2.24) is 9.13 Å². The molecule has 10 aromatic carbocycles. The lowest BCUT2D eigenvalue weighted by Gasteiger charge is -2.13. The van der Waals surface area contributed by atoms with Crippen molar-refractivity contribution in [3.63, 3.8) is 0 Å². The van der Waals surface area contributed by atoms with Crippen LogP contribution in [0.2, 0.25) is 0 Å². The van der Waals surface area contributed by atoms with Crippen LogP contribution in [-0.4, -0.2) is 9.13 Å². The van der Waals surface area contributed by atoms with Gasteiger partial charge in [0.15, 0.2) is 0 Å². The largest absolute Gasteiger partial charge is 0.456 e. The highest BCUT2D eigenvalue weighted by atomic mass is 16.3. The molecule has 3 nitrogen and oxygen atoms in total. The quantitative estimate of drug-likeness (QED) is 0.176. The van der Waals surface area contributed by atoms with Crippen molar-refractivity contribution in [3.05, 3.63) is 206 Å². The molecule has 3 heteroatoms. The van der Waals surface area contributed by atoms with Gasteiger partial charge in [-0.1, -0.05) is 127 Å². The molecule has 3 aromatic heterocycles.